The van der Waals surface area contributed by atoms with Gasteiger partial charge in [0, 0.05) is 5.33 Å². The maximum Gasteiger partial charge on any atom is 0.354 e. The summed E-state index contributed by atoms with van der Waals surface area (Å²) in [6.07, 6.45) is -3.07. The molecule has 0 spiro atoms. The standard InChI is InChI=1S/C8H5BrF3NO2/c9-2-5-6(10)3(7(11)12)1-4(13-5)8(14)15/h1,7H,2H2,(H,14,15). The molecule has 0 aliphatic heterocycles. The van der Waals surface area contributed by atoms with Gasteiger partial charge in [-0.1, -0.05) is 15.9 Å². The molecule has 3 nitrogen and oxygen atoms in total. The van der Waals surface area contributed by atoms with Crippen molar-refractivity contribution in [1.82, 2.24) is 4.98 Å². The van der Waals surface area contributed by atoms with Crippen LogP contribution in [-0.2, 0) is 5.33 Å². The molecule has 0 saturated carbocycles. The quantitative estimate of drug-likeness (QED) is 0.868. The molecule has 0 amide bonds. The minimum absolute atomic E-state index is 0.125. The molecule has 0 saturated heterocycles. The fourth-order valence-corrected chi connectivity index (χ4v) is 1.33. The SMILES string of the molecule is O=C(O)c1cc(C(F)F)c(F)c(CBr)n1. The third-order valence-corrected chi connectivity index (χ3v) is 2.17. The van der Waals surface area contributed by atoms with Crippen molar-refractivity contribution in [2.24, 2.45) is 0 Å². The molecule has 1 aromatic rings. The Morgan fingerprint density at radius 3 is 2.60 bits per heavy atom. The number of aromatic carboxylic acids is 1. The van der Waals surface area contributed by atoms with E-state index in [1.807, 2.05) is 0 Å². The second-order valence-electron chi connectivity index (χ2n) is 2.60. The number of hydrogen-bond acceptors (Lipinski definition) is 2. The Morgan fingerprint density at radius 1 is 1.60 bits per heavy atom. The number of hydrogen-bond donors (Lipinski definition) is 1. The highest BCUT2D eigenvalue weighted by Gasteiger charge is 2.21. The topological polar surface area (TPSA) is 50.2 Å². The van der Waals surface area contributed by atoms with E-state index in [0.717, 1.165) is 0 Å². The molecule has 7 heteroatoms. The van der Waals surface area contributed by atoms with Crippen LogP contribution in [0.1, 0.15) is 28.2 Å². The third kappa shape index (κ3) is 2.47. The zero-order valence-electron chi connectivity index (χ0n) is 7.18. The molecule has 0 atom stereocenters. The van der Waals surface area contributed by atoms with Crippen molar-refractivity contribution in [3.05, 3.63) is 28.8 Å². The molecule has 1 aromatic heterocycles. The average molecular weight is 284 g/mol. The van der Waals surface area contributed by atoms with Crippen LogP contribution in [-0.4, -0.2) is 16.1 Å². The second kappa shape index (κ2) is 4.61. The number of carboxylic acids is 1. The molecule has 0 fully saturated rings. The third-order valence-electron chi connectivity index (χ3n) is 1.64. The maximum atomic E-state index is 13.2. The fourth-order valence-electron chi connectivity index (χ4n) is 0.961. The minimum atomic E-state index is -3.07. The predicted octanol–water partition coefficient (Wildman–Crippen LogP) is 2.75. The Labute approximate surface area is 91.1 Å². The molecule has 0 radical (unpaired) electrons. The van der Waals surface area contributed by atoms with Gasteiger partial charge in [0.1, 0.15) is 5.69 Å². The van der Waals surface area contributed by atoms with Gasteiger partial charge in [-0.25, -0.2) is 22.9 Å². The van der Waals surface area contributed by atoms with Gasteiger partial charge >= 0.3 is 5.97 Å². The molecule has 1 rings (SSSR count). The smallest absolute Gasteiger partial charge is 0.354 e. The van der Waals surface area contributed by atoms with E-state index in [2.05, 4.69) is 20.9 Å². The zero-order chi connectivity index (χ0) is 11.6. The Morgan fingerprint density at radius 2 is 2.20 bits per heavy atom. The van der Waals surface area contributed by atoms with E-state index in [1.165, 1.54) is 0 Å². The first-order chi connectivity index (χ1) is 6.97. The monoisotopic (exact) mass is 283 g/mol. The lowest BCUT2D eigenvalue weighted by atomic mass is 10.2. The van der Waals surface area contributed by atoms with E-state index >= 15 is 0 Å². The number of rotatable bonds is 3. The predicted molar refractivity (Wildman–Crippen MR) is 48.7 cm³/mol. The fraction of sp³-hybridized carbons (Fsp3) is 0.250. The highest BCUT2D eigenvalue weighted by Crippen LogP contribution is 2.25. The Kier molecular flexibility index (Phi) is 3.67. The molecule has 0 unspecified atom stereocenters. The molecular weight excluding hydrogens is 279 g/mol. The first-order valence-electron chi connectivity index (χ1n) is 3.74. The van der Waals surface area contributed by atoms with Gasteiger partial charge in [-0.3, -0.25) is 0 Å². The van der Waals surface area contributed by atoms with E-state index in [4.69, 9.17) is 5.11 Å². The van der Waals surface area contributed by atoms with Crippen molar-refractivity contribution in [2.75, 3.05) is 0 Å². The summed E-state index contributed by atoms with van der Waals surface area (Å²) in [5.74, 6) is -2.65. The zero-order valence-corrected chi connectivity index (χ0v) is 8.76. The van der Waals surface area contributed by atoms with Gasteiger partial charge in [0.25, 0.3) is 6.43 Å². The Bertz CT molecular complexity index is 398. The molecule has 82 valence electrons. The lowest BCUT2D eigenvalue weighted by molar-refractivity contribution is 0.0689. The highest BCUT2D eigenvalue weighted by atomic mass is 79.9. The second-order valence-corrected chi connectivity index (χ2v) is 3.16. The van der Waals surface area contributed by atoms with Gasteiger partial charge in [0.05, 0.1) is 11.3 Å². The van der Waals surface area contributed by atoms with Crippen molar-refractivity contribution < 1.29 is 23.1 Å². The number of pyridine rings is 1. The van der Waals surface area contributed by atoms with Gasteiger partial charge < -0.3 is 5.11 Å². The van der Waals surface area contributed by atoms with Crippen LogP contribution in [0.25, 0.3) is 0 Å². The molecule has 0 aliphatic rings. The van der Waals surface area contributed by atoms with E-state index in [-0.39, 0.29) is 11.0 Å². The summed E-state index contributed by atoms with van der Waals surface area (Å²) in [5, 5.41) is 8.43. The first-order valence-corrected chi connectivity index (χ1v) is 4.86. The van der Waals surface area contributed by atoms with Crippen molar-refractivity contribution in [3.63, 3.8) is 0 Å². The summed E-state index contributed by atoms with van der Waals surface area (Å²) in [6.45, 7) is 0. The van der Waals surface area contributed by atoms with Crippen molar-refractivity contribution in [3.8, 4) is 0 Å². The number of nitrogens with zero attached hydrogens (tertiary/aromatic N) is 1. The van der Waals surface area contributed by atoms with Gasteiger partial charge in [-0.2, -0.15) is 0 Å². The molecule has 0 bridgehead atoms. The summed E-state index contributed by atoms with van der Waals surface area (Å²) >= 11 is 2.83. The lowest BCUT2D eigenvalue weighted by Gasteiger charge is -2.06. The molecular formula is C8H5BrF3NO2. The molecule has 1 heterocycles. The van der Waals surface area contributed by atoms with Crippen LogP contribution in [0.15, 0.2) is 6.07 Å². The molecule has 1 N–H and O–H groups in total. The largest absolute Gasteiger partial charge is 0.477 e. The van der Waals surface area contributed by atoms with Crippen molar-refractivity contribution in [1.29, 1.82) is 0 Å². The first kappa shape index (κ1) is 12.0. The number of carboxylic acid groups (broad SMARTS) is 1. The summed E-state index contributed by atoms with van der Waals surface area (Å²) in [7, 11) is 0. The summed E-state index contributed by atoms with van der Waals surface area (Å²) in [6, 6.07) is 0.536. The molecule has 0 aromatic carbocycles. The highest BCUT2D eigenvalue weighted by molar-refractivity contribution is 9.08. The van der Waals surface area contributed by atoms with E-state index in [1.54, 1.807) is 0 Å². The van der Waals surface area contributed by atoms with Crippen molar-refractivity contribution >= 4 is 21.9 Å². The summed E-state index contributed by atoms with van der Waals surface area (Å²) in [5.41, 5.74) is -1.89. The van der Waals surface area contributed by atoms with Gasteiger partial charge in [0.15, 0.2) is 5.82 Å². The van der Waals surface area contributed by atoms with Gasteiger partial charge in [-0.15, -0.1) is 0 Å². The molecule has 15 heavy (non-hydrogen) atoms. The van der Waals surface area contributed by atoms with E-state index in [9.17, 15) is 18.0 Å². The van der Waals surface area contributed by atoms with Crippen LogP contribution >= 0.6 is 15.9 Å². The summed E-state index contributed by atoms with van der Waals surface area (Å²) < 4.78 is 37.8. The van der Waals surface area contributed by atoms with E-state index in [0.29, 0.717) is 6.07 Å². The van der Waals surface area contributed by atoms with Crippen LogP contribution in [0.5, 0.6) is 0 Å². The van der Waals surface area contributed by atoms with Crippen molar-refractivity contribution in [2.45, 2.75) is 11.8 Å². The van der Waals surface area contributed by atoms with Crippen LogP contribution in [0.2, 0.25) is 0 Å². The maximum absolute atomic E-state index is 13.2. The lowest BCUT2D eigenvalue weighted by Crippen LogP contribution is -2.08. The normalized spacial score (nSPS) is 10.7. The number of halogens is 4. The van der Waals surface area contributed by atoms with Crippen LogP contribution in [0.3, 0.4) is 0 Å². The minimum Gasteiger partial charge on any atom is -0.477 e. The molecule has 0 aliphatic carbocycles. The van der Waals surface area contributed by atoms with Crippen LogP contribution < -0.4 is 0 Å². The number of carbonyl (C=O) groups is 1. The summed E-state index contributed by atoms with van der Waals surface area (Å²) in [4.78, 5) is 13.9. The van der Waals surface area contributed by atoms with Crippen LogP contribution in [0, 0.1) is 5.82 Å². The van der Waals surface area contributed by atoms with Gasteiger partial charge in [0.2, 0.25) is 0 Å². The Hall–Kier alpha value is -1.11. The Balaban J connectivity index is 3.38. The van der Waals surface area contributed by atoms with E-state index < -0.39 is 29.5 Å². The number of alkyl halides is 3. The average Bonchev–Trinajstić information content (AvgIpc) is 2.17. The number of aromatic nitrogens is 1. The van der Waals surface area contributed by atoms with Gasteiger partial charge in [-0.05, 0) is 6.07 Å². The van der Waals surface area contributed by atoms with Crippen LogP contribution in [0.4, 0.5) is 13.2 Å².